The van der Waals surface area contributed by atoms with Crippen molar-refractivity contribution >= 4 is 5.91 Å². The molecule has 0 aliphatic carbocycles. The van der Waals surface area contributed by atoms with Gasteiger partial charge in [0, 0.05) is 32.0 Å². The van der Waals surface area contributed by atoms with Gasteiger partial charge in [-0.15, -0.1) is 0 Å². The van der Waals surface area contributed by atoms with Gasteiger partial charge in [0.15, 0.2) is 0 Å². The number of likely N-dealkylation sites (N-methyl/N-ethyl adjacent to an activating group) is 1. The van der Waals surface area contributed by atoms with E-state index >= 15 is 0 Å². The lowest BCUT2D eigenvalue weighted by Gasteiger charge is -2.15. The molecule has 0 atom stereocenters. The number of aromatic nitrogens is 2. The summed E-state index contributed by atoms with van der Waals surface area (Å²) in [6.07, 6.45) is 3.58. The molecular formula is C12H18N4O2. The third kappa shape index (κ3) is 3.23. The molecule has 0 radical (unpaired) electrons. The van der Waals surface area contributed by atoms with E-state index in [1.54, 1.807) is 24.0 Å². The fourth-order valence-corrected chi connectivity index (χ4v) is 1.55. The van der Waals surface area contributed by atoms with E-state index in [-0.39, 0.29) is 24.2 Å². The highest BCUT2D eigenvalue weighted by Gasteiger charge is 2.12. The molecule has 0 unspecified atom stereocenters. The van der Waals surface area contributed by atoms with Crippen LogP contribution in [0.3, 0.4) is 0 Å². The van der Waals surface area contributed by atoms with Crippen LogP contribution < -0.4 is 5.69 Å². The first kappa shape index (κ1) is 14.0. The molecule has 0 aromatic carbocycles. The Labute approximate surface area is 106 Å². The lowest BCUT2D eigenvalue weighted by Crippen LogP contribution is -2.35. The van der Waals surface area contributed by atoms with Gasteiger partial charge in [-0.3, -0.25) is 13.9 Å². The number of amides is 1. The summed E-state index contributed by atoms with van der Waals surface area (Å²) in [5, 5.41) is 8.45. The number of hydrogen-bond acceptors (Lipinski definition) is 3. The molecule has 0 aliphatic rings. The normalized spacial score (nSPS) is 10.4. The zero-order valence-electron chi connectivity index (χ0n) is 11.0. The summed E-state index contributed by atoms with van der Waals surface area (Å²) < 4.78 is 2.95. The van der Waals surface area contributed by atoms with Gasteiger partial charge in [0.2, 0.25) is 5.91 Å². The highest BCUT2D eigenvalue weighted by atomic mass is 16.2. The Balaban J connectivity index is 2.71. The largest absolute Gasteiger partial charge is 0.343 e. The van der Waals surface area contributed by atoms with E-state index in [4.69, 9.17) is 5.26 Å². The van der Waals surface area contributed by atoms with Crippen molar-refractivity contribution in [2.75, 3.05) is 13.6 Å². The van der Waals surface area contributed by atoms with Gasteiger partial charge in [-0.1, -0.05) is 0 Å². The van der Waals surface area contributed by atoms with Crippen molar-refractivity contribution in [3.8, 4) is 6.07 Å². The van der Waals surface area contributed by atoms with Crippen molar-refractivity contribution in [3.05, 3.63) is 22.9 Å². The van der Waals surface area contributed by atoms with Gasteiger partial charge in [-0.25, -0.2) is 4.79 Å². The second kappa shape index (κ2) is 6.05. The predicted octanol–water partition coefficient (Wildman–Crippen LogP) is 0.603. The topological polar surface area (TPSA) is 71.0 Å². The maximum absolute atomic E-state index is 11.9. The standard InChI is InChI=1S/C12H18N4O2/c1-10(2)16-8-7-15(12(16)18)9-11(17)14(3)6-4-5-13/h7-8,10H,4,6,9H2,1-3H3. The molecule has 0 N–H and O–H groups in total. The Hall–Kier alpha value is -2.03. The molecule has 98 valence electrons. The number of carbonyl (C=O) groups is 1. The Morgan fingerprint density at radius 1 is 1.50 bits per heavy atom. The number of imidazole rings is 1. The molecule has 0 saturated heterocycles. The molecule has 1 heterocycles. The Morgan fingerprint density at radius 2 is 2.17 bits per heavy atom. The van der Waals surface area contributed by atoms with Gasteiger partial charge < -0.3 is 4.90 Å². The summed E-state index contributed by atoms with van der Waals surface area (Å²) in [4.78, 5) is 25.1. The fraction of sp³-hybridized carbons (Fsp3) is 0.583. The molecule has 6 nitrogen and oxygen atoms in total. The quantitative estimate of drug-likeness (QED) is 0.768. The van der Waals surface area contributed by atoms with Crippen LogP contribution >= 0.6 is 0 Å². The number of hydrogen-bond donors (Lipinski definition) is 0. The summed E-state index contributed by atoms with van der Waals surface area (Å²) in [6, 6.07) is 2.06. The highest BCUT2D eigenvalue weighted by Crippen LogP contribution is 1.99. The van der Waals surface area contributed by atoms with Crippen molar-refractivity contribution in [3.63, 3.8) is 0 Å². The van der Waals surface area contributed by atoms with Gasteiger partial charge >= 0.3 is 5.69 Å². The average molecular weight is 250 g/mol. The zero-order chi connectivity index (χ0) is 13.7. The number of nitriles is 1. The molecule has 1 aromatic heterocycles. The SMILES string of the molecule is CC(C)n1ccn(CC(=O)N(C)CCC#N)c1=O. The van der Waals surface area contributed by atoms with Crippen LogP contribution in [-0.2, 0) is 11.3 Å². The van der Waals surface area contributed by atoms with Crippen molar-refractivity contribution in [2.45, 2.75) is 32.9 Å². The molecule has 1 aromatic rings. The van der Waals surface area contributed by atoms with Crippen LogP contribution in [0.2, 0.25) is 0 Å². The molecule has 18 heavy (non-hydrogen) atoms. The summed E-state index contributed by atoms with van der Waals surface area (Å²) in [7, 11) is 1.63. The third-order valence-corrected chi connectivity index (χ3v) is 2.72. The van der Waals surface area contributed by atoms with Crippen molar-refractivity contribution in [1.29, 1.82) is 5.26 Å². The van der Waals surface area contributed by atoms with Gasteiger partial charge in [0.1, 0.15) is 6.54 Å². The second-order valence-electron chi connectivity index (χ2n) is 4.43. The Morgan fingerprint density at radius 3 is 2.67 bits per heavy atom. The van der Waals surface area contributed by atoms with Gasteiger partial charge in [0.25, 0.3) is 0 Å². The van der Waals surface area contributed by atoms with Gasteiger partial charge in [-0.05, 0) is 13.8 Å². The molecule has 6 heteroatoms. The molecule has 0 bridgehead atoms. The summed E-state index contributed by atoms with van der Waals surface area (Å²) in [5.74, 6) is -0.172. The van der Waals surface area contributed by atoms with Gasteiger partial charge in [0.05, 0.1) is 12.5 Å². The highest BCUT2D eigenvalue weighted by molar-refractivity contribution is 5.75. The summed E-state index contributed by atoms with van der Waals surface area (Å²) in [5.41, 5.74) is -0.188. The van der Waals surface area contributed by atoms with Crippen LogP contribution in [0.5, 0.6) is 0 Å². The minimum absolute atomic E-state index is 0.0144. The van der Waals surface area contributed by atoms with E-state index in [1.807, 2.05) is 19.9 Å². The van der Waals surface area contributed by atoms with E-state index in [0.717, 1.165) is 0 Å². The minimum Gasteiger partial charge on any atom is -0.343 e. The minimum atomic E-state index is -0.188. The van der Waals surface area contributed by atoms with Crippen LogP contribution in [0.15, 0.2) is 17.2 Å². The second-order valence-corrected chi connectivity index (χ2v) is 4.43. The maximum Gasteiger partial charge on any atom is 0.328 e. The van der Waals surface area contributed by atoms with Crippen LogP contribution in [0.1, 0.15) is 26.3 Å². The average Bonchev–Trinajstić information content (AvgIpc) is 2.68. The van der Waals surface area contributed by atoms with E-state index in [1.165, 1.54) is 9.47 Å². The molecule has 0 aliphatic heterocycles. The fourth-order valence-electron chi connectivity index (χ4n) is 1.55. The molecule has 0 saturated carbocycles. The summed E-state index contributed by atoms with van der Waals surface area (Å²) >= 11 is 0. The zero-order valence-corrected chi connectivity index (χ0v) is 11.0. The van der Waals surface area contributed by atoms with Crippen LogP contribution in [0.25, 0.3) is 0 Å². The Bertz CT molecular complexity index is 507. The predicted molar refractivity (Wildman–Crippen MR) is 66.9 cm³/mol. The van der Waals surface area contributed by atoms with Crippen molar-refractivity contribution in [1.82, 2.24) is 14.0 Å². The lowest BCUT2D eigenvalue weighted by molar-refractivity contribution is -0.130. The first-order valence-corrected chi connectivity index (χ1v) is 5.85. The van der Waals surface area contributed by atoms with E-state index in [0.29, 0.717) is 13.0 Å². The van der Waals surface area contributed by atoms with Crippen molar-refractivity contribution < 1.29 is 4.79 Å². The maximum atomic E-state index is 11.9. The Kier molecular flexibility index (Phi) is 4.72. The first-order chi connectivity index (χ1) is 8.47. The van der Waals surface area contributed by atoms with E-state index in [9.17, 15) is 9.59 Å². The van der Waals surface area contributed by atoms with Crippen LogP contribution in [0.4, 0.5) is 0 Å². The number of rotatable bonds is 5. The number of nitrogens with zero attached hydrogens (tertiary/aromatic N) is 4. The molecule has 0 fully saturated rings. The molecular weight excluding hydrogens is 232 g/mol. The molecule has 0 spiro atoms. The van der Waals surface area contributed by atoms with Crippen LogP contribution in [-0.4, -0.2) is 33.5 Å². The third-order valence-electron chi connectivity index (χ3n) is 2.72. The molecule has 1 amide bonds. The summed E-state index contributed by atoms with van der Waals surface area (Å²) in [6.45, 7) is 4.22. The number of carbonyl (C=O) groups excluding carboxylic acids is 1. The van der Waals surface area contributed by atoms with Gasteiger partial charge in [-0.2, -0.15) is 5.26 Å². The first-order valence-electron chi connectivity index (χ1n) is 5.85. The van der Waals surface area contributed by atoms with E-state index < -0.39 is 0 Å². The van der Waals surface area contributed by atoms with Crippen molar-refractivity contribution in [2.24, 2.45) is 0 Å². The van der Waals surface area contributed by atoms with E-state index in [2.05, 4.69) is 0 Å². The smallest absolute Gasteiger partial charge is 0.328 e. The monoisotopic (exact) mass is 250 g/mol. The van der Waals surface area contributed by atoms with Crippen LogP contribution in [0, 0.1) is 11.3 Å². The lowest BCUT2D eigenvalue weighted by atomic mass is 10.4. The molecule has 1 rings (SSSR count).